The van der Waals surface area contributed by atoms with E-state index in [-0.39, 0.29) is 16.3 Å². The second-order valence-corrected chi connectivity index (χ2v) is 2.79. The van der Waals surface area contributed by atoms with Crippen LogP contribution in [0.1, 0.15) is 10.4 Å². The molecular weight excluding hydrogens is 210 g/mol. The van der Waals surface area contributed by atoms with Crippen molar-refractivity contribution in [2.75, 3.05) is 7.11 Å². The first kappa shape index (κ1) is 10.5. The SMILES string of the molecule is COC(=O)c1c(Cl)cccc1[N+](=O)[O-]. The number of carbonyl (C=O) groups is 1. The third-order valence-corrected chi connectivity index (χ3v) is 1.89. The molecule has 0 amide bonds. The highest BCUT2D eigenvalue weighted by Gasteiger charge is 2.23. The van der Waals surface area contributed by atoms with E-state index in [1.165, 1.54) is 18.2 Å². The van der Waals surface area contributed by atoms with Crippen LogP contribution in [0.3, 0.4) is 0 Å². The monoisotopic (exact) mass is 215 g/mol. The van der Waals surface area contributed by atoms with E-state index < -0.39 is 10.9 Å². The summed E-state index contributed by atoms with van der Waals surface area (Å²) in [5, 5.41) is 10.5. The van der Waals surface area contributed by atoms with E-state index in [0.717, 1.165) is 7.11 Å². The molecule has 0 radical (unpaired) electrons. The summed E-state index contributed by atoms with van der Waals surface area (Å²) in [4.78, 5) is 21.0. The summed E-state index contributed by atoms with van der Waals surface area (Å²) in [6.45, 7) is 0. The molecule has 0 aliphatic heterocycles. The van der Waals surface area contributed by atoms with E-state index in [2.05, 4.69) is 4.74 Å². The summed E-state index contributed by atoms with van der Waals surface area (Å²) in [5.74, 6) is -0.817. The quantitative estimate of drug-likeness (QED) is 0.430. The fourth-order valence-corrected chi connectivity index (χ4v) is 1.22. The molecule has 6 heteroatoms. The van der Waals surface area contributed by atoms with Crippen LogP contribution in [-0.2, 0) is 4.74 Å². The lowest BCUT2D eigenvalue weighted by molar-refractivity contribution is -0.385. The zero-order valence-electron chi connectivity index (χ0n) is 7.19. The van der Waals surface area contributed by atoms with Gasteiger partial charge in [-0.3, -0.25) is 10.1 Å². The molecule has 0 heterocycles. The van der Waals surface area contributed by atoms with Gasteiger partial charge in [-0.25, -0.2) is 4.79 Å². The molecule has 0 aliphatic carbocycles. The Hall–Kier alpha value is -1.62. The summed E-state index contributed by atoms with van der Waals surface area (Å²) in [6.07, 6.45) is 0. The Morgan fingerprint density at radius 3 is 2.71 bits per heavy atom. The van der Waals surface area contributed by atoms with Crippen LogP contribution in [0.25, 0.3) is 0 Å². The van der Waals surface area contributed by atoms with E-state index in [4.69, 9.17) is 11.6 Å². The van der Waals surface area contributed by atoms with Crippen LogP contribution in [0.15, 0.2) is 18.2 Å². The highest BCUT2D eigenvalue weighted by Crippen LogP contribution is 2.26. The Morgan fingerprint density at radius 2 is 2.21 bits per heavy atom. The van der Waals surface area contributed by atoms with Crippen LogP contribution >= 0.6 is 11.6 Å². The predicted octanol–water partition coefficient (Wildman–Crippen LogP) is 2.03. The second-order valence-electron chi connectivity index (χ2n) is 2.38. The molecule has 0 saturated carbocycles. The molecule has 5 nitrogen and oxygen atoms in total. The van der Waals surface area contributed by atoms with Gasteiger partial charge in [-0.1, -0.05) is 17.7 Å². The number of esters is 1. The van der Waals surface area contributed by atoms with Crippen LogP contribution in [0.4, 0.5) is 5.69 Å². The molecule has 1 rings (SSSR count). The maximum absolute atomic E-state index is 11.1. The summed E-state index contributed by atoms with van der Waals surface area (Å²) in [5.41, 5.74) is -0.578. The molecule has 74 valence electrons. The average Bonchev–Trinajstić information content (AvgIpc) is 2.16. The van der Waals surface area contributed by atoms with Gasteiger partial charge < -0.3 is 4.74 Å². The van der Waals surface area contributed by atoms with Gasteiger partial charge in [0.25, 0.3) is 5.69 Å². The van der Waals surface area contributed by atoms with Crippen molar-refractivity contribution in [3.05, 3.63) is 38.9 Å². The van der Waals surface area contributed by atoms with Crippen molar-refractivity contribution in [2.45, 2.75) is 0 Å². The molecule has 0 aromatic heterocycles. The molecule has 14 heavy (non-hydrogen) atoms. The van der Waals surface area contributed by atoms with Gasteiger partial charge in [0.2, 0.25) is 0 Å². The van der Waals surface area contributed by atoms with E-state index >= 15 is 0 Å². The molecule has 0 spiro atoms. The van der Waals surface area contributed by atoms with Crippen molar-refractivity contribution in [2.24, 2.45) is 0 Å². The highest BCUT2D eigenvalue weighted by molar-refractivity contribution is 6.34. The van der Waals surface area contributed by atoms with Gasteiger partial charge in [-0.05, 0) is 6.07 Å². The number of nitrogens with zero attached hydrogens (tertiary/aromatic N) is 1. The average molecular weight is 216 g/mol. The Labute approximate surface area is 84.4 Å². The van der Waals surface area contributed by atoms with Gasteiger partial charge in [-0.2, -0.15) is 0 Å². The maximum atomic E-state index is 11.1. The third-order valence-electron chi connectivity index (χ3n) is 1.58. The first-order valence-electron chi connectivity index (χ1n) is 3.59. The predicted molar refractivity (Wildman–Crippen MR) is 49.4 cm³/mol. The topological polar surface area (TPSA) is 69.4 Å². The Bertz CT molecular complexity index is 391. The second kappa shape index (κ2) is 4.06. The van der Waals surface area contributed by atoms with Gasteiger partial charge in [-0.15, -0.1) is 0 Å². The minimum atomic E-state index is -0.817. The van der Waals surface area contributed by atoms with Crippen molar-refractivity contribution in [1.29, 1.82) is 0 Å². The largest absolute Gasteiger partial charge is 0.465 e. The Balaban J connectivity index is 3.36. The van der Waals surface area contributed by atoms with Crippen LogP contribution in [-0.4, -0.2) is 18.0 Å². The van der Waals surface area contributed by atoms with Crippen LogP contribution in [0, 0.1) is 10.1 Å². The zero-order chi connectivity index (χ0) is 10.7. The summed E-state index contributed by atoms with van der Waals surface area (Å²) < 4.78 is 4.38. The fourth-order valence-electron chi connectivity index (χ4n) is 0.969. The number of halogens is 1. The van der Waals surface area contributed by atoms with E-state index in [9.17, 15) is 14.9 Å². The van der Waals surface area contributed by atoms with Crippen molar-refractivity contribution in [3.63, 3.8) is 0 Å². The van der Waals surface area contributed by atoms with E-state index in [1.54, 1.807) is 0 Å². The summed E-state index contributed by atoms with van der Waals surface area (Å²) in [6, 6.07) is 3.98. The number of hydrogen-bond donors (Lipinski definition) is 0. The lowest BCUT2D eigenvalue weighted by Crippen LogP contribution is -2.06. The summed E-state index contributed by atoms with van der Waals surface area (Å²) >= 11 is 5.64. The first-order chi connectivity index (χ1) is 6.57. The summed E-state index contributed by atoms with van der Waals surface area (Å²) in [7, 11) is 1.13. The van der Waals surface area contributed by atoms with Crippen molar-refractivity contribution < 1.29 is 14.5 Å². The fraction of sp³-hybridized carbons (Fsp3) is 0.125. The number of rotatable bonds is 2. The molecule has 0 saturated heterocycles. The number of ether oxygens (including phenoxy) is 1. The van der Waals surface area contributed by atoms with Gasteiger partial charge in [0.15, 0.2) is 5.56 Å². The number of carbonyl (C=O) groups excluding carboxylic acids is 1. The molecule has 0 fully saturated rings. The molecule has 0 unspecified atom stereocenters. The number of methoxy groups -OCH3 is 1. The first-order valence-corrected chi connectivity index (χ1v) is 3.97. The normalized spacial score (nSPS) is 9.57. The molecule has 0 aliphatic rings. The number of nitro groups is 1. The lowest BCUT2D eigenvalue weighted by Gasteiger charge is -2.02. The van der Waals surface area contributed by atoms with Crippen LogP contribution in [0.5, 0.6) is 0 Å². The molecule has 0 atom stereocenters. The molecule has 0 N–H and O–H groups in total. The van der Waals surface area contributed by atoms with E-state index in [0.29, 0.717) is 0 Å². The van der Waals surface area contributed by atoms with Crippen molar-refractivity contribution in [3.8, 4) is 0 Å². The number of benzene rings is 1. The molecular formula is C8H6ClNO4. The molecule has 0 bridgehead atoms. The maximum Gasteiger partial charge on any atom is 0.346 e. The third kappa shape index (κ3) is 1.82. The Kier molecular flexibility index (Phi) is 3.03. The van der Waals surface area contributed by atoms with Crippen LogP contribution in [0.2, 0.25) is 5.02 Å². The minimum absolute atomic E-state index is 0.00560. The number of hydrogen-bond acceptors (Lipinski definition) is 4. The van der Waals surface area contributed by atoms with Gasteiger partial charge in [0, 0.05) is 6.07 Å². The van der Waals surface area contributed by atoms with Gasteiger partial charge in [0.05, 0.1) is 17.1 Å². The standard InChI is InChI=1S/C8H6ClNO4/c1-14-8(11)7-5(9)3-2-4-6(7)10(12)13/h2-4H,1H3. The molecule has 1 aromatic rings. The highest BCUT2D eigenvalue weighted by atomic mass is 35.5. The van der Waals surface area contributed by atoms with Crippen molar-refractivity contribution >= 4 is 23.3 Å². The Morgan fingerprint density at radius 1 is 1.57 bits per heavy atom. The smallest absolute Gasteiger partial charge is 0.346 e. The minimum Gasteiger partial charge on any atom is -0.465 e. The number of nitro benzene ring substituents is 1. The van der Waals surface area contributed by atoms with E-state index in [1.807, 2.05) is 0 Å². The molecule has 1 aromatic carbocycles. The zero-order valence-corrected chi connectivity index (χ0v) is 7.95. The van der Waals surface area contributed by atoms with Crippen molar-refractivity contribution in [1.82, 2.24) is 0 Å². The van der Waals surface area contributed by atoms with Gasteiger partial charge in [0.1, 0.15) is 0 Å². The van der Waals surface area contributed by atoms with Gasteiger partial charge >= 0.3 is 5.97 Å². The van der Waals surface area contributed by atoms with Crippen LogP contribution < -0.4 is 0 Å². The lowest BCUT2D eigenvalue weighted by atomic mass is 10.2.